The zero-order valence-electron chi connectivity index (χ0n) is 7.32. The highest BCUT2D eigenvalue weighted by Gasteiger charge is 2.55. The molecule has 12 heavy (non-hydrogen) atoms. The van der Waals surface area contributed by atoms with Crippen LogP contribution in [0.3, 0.4) is 0 Å². The fraction of sp³-hybridized carbons (Fsp3) is 1.00. The summed E-state index contributed by atoms with van der Waals surface area (Å²) in [6, 6.07) is 0. The van der Waals surface area contributed by atoms with Crippen LogP contribution in [0.5, 0.6) is 0 Å². The molecule has 0 amide bonds. The van der Waals surface area contributed by atoms with Crippen LogP contribution in [0.25, 0.3) is 0 Å². The number of rotatable bonds is 2. The molecular formula is C8H16F2NO+. The van der Waals surface area contributed by atoms with Gasteiger partial charge in [0.05, 0.1) is 18.6 Å². The molecule has 1 saturated heterocycles. The number of aliphatic hydroxyl groups is 1. The number of halogens is 2. The van der Waals surface area contributed by atoms with Crippen molar-refractivity contribution >= 4 is 0 Å². The molecule has 2 nitrogen and oxygen atoms in total. The van der Waals surface area contributed by atoms with Crippen LogP contribution in [-0.4, -0.2) is 30.7 Å². The van der Waals surface area contributed by atoms with Gasteiger partial charge in [-0.3, -0.25) is 0 Å². The Balaban J connectivity index is 2.81. The van der Waals surface area contributed by atoms with Crippen LogP contribution in [0.2, 0.25) is 0 Å². The maximum Gasteiger partial charge on any atom is 0.303 e. The predicted octanol–water partition coefficient (Wildman–Crippen LogP) is -0.0225. The molecule has 1 unspecified atom stereocenters. The van der Waals surface area contributed by atoms with Crippen LogP contribution >= 0.6 is 0 Å². The normalized spacial score (nSPS) is 35.0. The van der Waals surface area contributed by atoms with Gasteiger partial charge in [-0.05, 0) is 6.42 Å². The Morgan fingerprint density at radius 2 is 2.17 bits per heavy atom. The standard InChI is InChI=1S/C8H15F2NO/c1-2-7(6-12)3-4-11-5-8(7,9)10/h11-12H,2-6H2,1H3/p+1. The zero-order chi connectivity index (χ0) is 9.24. The highest BCUT2D eigenvalue weighted by atomic mass is 19.3. The third-order valence-corrected chi connectivity index (χ3v) is 2.98. The number of piperidine rings is 1. The number of quaternary nitrogens is 1. The van der Waals surface area contributed by atoms with Crippen molar-refractivity contribution in [3.63, 3.8) is 0 Å². The Kier molecular flexibility index (Phi) is 2.68. The van der Waals surface area contributed by atoms with Crippen LogP contribution < -0.4 is 5.32 Å². The summed E-state index contributed by atoms with van der Waals surface area (Å²) in [6.45, 7) is 1.84. The Morgan fingerprint density at radius 3 is 2.50 bits per heavy atom. The first-order chi connectivity index (χ1) is 5.58. The van der Waals surface area contributed by atoms with Crippen LogP contribution in [-0.2, 0) is 0 Å². The van der Waals surface area contributed by atoms with Crippen molar-refractivity contribution in [1.82, 2.24) is 0 Å². The maximum atomic E-state index is 13.3. The summed E-state index contributed by atoms with van der Waals surface area (Å²) in [5.74, 6) is -2.71. The highest BCUT2D eigenvalue weighted by Crippen LogP contribution is 2.42. The molecule has 0 radical (unpaired) electrons. The summed E-state index contributed by atoms with van der Waals surface area (Å²) in [5, 5.41) is 10.6. The molecule has 1 aliphatic heterocycles. The van der Waals surface area contributed by atoms with Crippen LogP contribution in [0.15, 0.2) is 0 Å². The van der Waals surface area contributed by atoms with Crippen LogP contribution in [0.4, 0.5) is 8.78 Å². The van der Waals surface area contributed by atoms with Gasteiger partial charge in [0.15, 0.2) is 0 Å². The van der Waals surface area contributed by atoms with Gasteiger partial charge >= 0.3 is 5.92 Å². The van der Waals surface area contributed by atoms with E-state index in [0.29, 0.717) is 19.4 Å². The summed E-state index contributed by atoms with van der Waals surface area (Å²) in [7, 11) is 0. The molecule has 1 heterocycles. The van der Waals surface area contributed by atoms with E-state index in [1.807, 2.05) is 0 Å². The lowest BCUT2D eigenvalue weighted by Crippen LogP contribution is -2.92. The molecule has 4 heteroatoms. The molecule has 1 aliphatic rings. The molecule has 0 aromatic rings. The van der Waals surface area contributed by atoms with E-state index in [9.17, 15) is 8.78 Å². The lowest BCUT2D eigenvalue weighted by molar-refractivity contribution is -0.689. The fourth-order valence-electron chi connectivity index (χ4n) is 1.80. The zero-order valence-corrected chi connectivity index (χ0v) is 7.32. The predicted molar refractivity (Wildman–Crippen MR) is 41.0 cm³/mol. The smallest absolute Gasteiger partial charge is 0.303 e. The van der Waals surface area contributed by atoms with Gasteiger partial charge in [0, 0.05) is 6.42 Å². The fourth-order valence-corrected chi connectivity index (χ4v) is 1.80. The lowest BCUT2D eigenvalue weighted by Gasteiger charge is -2.40. The molecule has 0 aromatic heterocycles. The van der Waals surface area contributed by atoms with Crippen molar-refractivity contribution < 1.29 is 19.2 Å². The Bertz CT molecular complexity index is 157. The summed E-state index contributed by atoms with van der Waals surface area (Å²) < 4.78 is 26.7. The SMILES string of the molecule is CCC1(CO)CC[NH2+]CC1(F)F. The first-order valence-electron chi connectivity index (χ1n) is 4.38. The molecule has 3 N–H and O–H groups in total. The van der Waals surface area contributed by atoms with Crippen molar-refractivity contribution in [3.05, 3.63) is 0 Å². The van der Waals surface area contributed by atoms with Crippen LogP contribution in [0, 0.1) is 5.41 Å². The average molecular weight is 180 g/mol. The maximum absolute atomic E-state index is 13.3. The number of hydrogen-bond donors (Lipinski definition) is 2. The molecule has 1 atom stereocenters. The molecule has 72 valence electrons. The molecule has 0 aromatic carbocycles. The molecule has 1 rings (SSSR count). The number of aliphatic hydroxyl groups excluding tert-OH is 1. The summed E-state index contributed by atoms with van der Waals surface area (Å²) in [4.78, 5) is 0. The van der Waals surface area contributed by atoms with Crippen molar-refractivity contribution in [2.75, 3.05) is 19.7 Å². The molecule has 0 spiro atoms. The van der Waals surface area contributed by atoms with E-state index in [2.05, 4.69) is 0 Å². The van der Waals surface area contributed by atoms with Gasteiger partial charge in [-0.1, -0.05) is 6.92 Å². The van der Waals surface area contributed by atoms with Gasteiger partial charge in [-0.25, -0.2) is 0 Å². The van der Waals surface area contributed by atoms with E-state index in [-0.39, 0.29) is 6.54 Å². The van der Waals surface area contributed by atoms with E-state index in [1.165, 1.54) is 0 Å². The topological polar surface area (TPSA) is 36.8 Å². The van der Waals surface area contributed by atoms with E-state index in [1.54, 1.807) is 12.2 Å². The monoisotopic (exact) mass is 180 g/mol. The van der Waals surface area contributed by atoms with Crippen molar-refractivity contribution in [2.45, 2.75) is 25.7 Å². The van der Waals surface area contributed by atoms with Crippen molar-refractivity contribution in [2.24, 2.45) is 5.41 Å². The second-order valence-corrected chi connectivity index (χ2v) is 3.53. The van der Waals surface area contributed by atoms with Gasteiger partial charge in [-0.2, -0.15) is 8.78 Å². The lowest BCUT2D eigenvalue weighted by atomic mass is 9.74. The third-order valence-electron chi connectivity index (χ3n) is 2.98. The molecule has 0 aliphatic carbocycles. The quantitative estimate of drug-likeness (QED) is 0.615. The minimum Gasteiger partial charge on any atom is -0.396 e. The Labute approximate surface area is 71.0 Å². The van der Waals surface area contributed by atoms with Gasteiger partial charge < -0.3 is 10.4 Å². The van der Waals surface area contributed by atoms with Gasteiger partial charge in [0.1, 0.15) is 6.54 Å². The largest absolute Gasteiger partial charge is 0.396 e. The second kappa shape index (κ2) is 3.26. The highest BCUT2D eigenvalue weighted by molar-refractivity contribution is 4.92. The third kappa shape index (κ3) is 1.33. The number of alkyl halides is 2. The van der Waals surface area contributed by atoms with Crippen LogP contribution in [0.1, 0.15) is 19.8 Å². The first-order valence-corrected chi connectivity index (χ1v) is 4.38. The van der Waals surface area contributed by atoms with Crippen molar-refractivity contribution in [3.8, 4) is 0 Å². The first kappa shape index (κ1) is 9.86. The van der Waals surface area contributed by atoms with E-state index < -0.39 is 17.9 Å². The van der Waals surface area contributed by atoms with Gasteiger partial charge in [-0.15, -0.1) is 0 Å². The second-order valence-electron chi connectivity index (χ2n) is 3.53. The minimum absolute atomic E-state index is 0.179. The molecular weight excluding hydrogens is 164 g/mol. The van der Waals surface area contributed by atoms with Gasteiger partial charge in [0.2, 0.25) is 0 Å². The summed E-state index contributed by atoms with van der Waals surface area (Å²) >= 11 is 0. The molecule has 1 fully saturated rings. The Morgan fingerprint density at radius 1 is 1.50 bits per heavy atom. The molecule has 0 bridgehead atoms. The van der Waals surface area contributed by atoms with E-state index in [0.717, 1.165) is 0 Å². The van der Waals surface area contributed by atoms with Crippen molar-refractivity contribution in [1.29, 1.82) is 0 Å². The average Bonchev–Trinajstić information content (AvgIpc) is 2.05. The number of nitrogens with two attached hydrogens (primary N) is 1. The summed E-state index contributed by atoms with van der Waals surface area (Å²) in [5.41, 5.74) is -1.15. The number of hydrogen-bond acceptors (Lipinski definition) is 1. The summed E-state index contributed by atoms with van der Waals surface area (Å²) in [6.07, 6.45) is 0.761. The Hall–Kier alpha value is -0.220. The van der Waals surface area contributed by atoms with Gasteiger partial charge in [0.25, 0.3) is 0 Å². The molecule has 0 saturated carbocycles. The minimum atomic E-state index is -2.71. The van der Waals surface area contributed by atoms with E-state index in [4.69, 9.17) is 5.11 Å². The van der Waals surface area contributed by atoms with E-state index >= 15 is 0 Å².